The number of allylic oxidation sites excluding steroid dienone is 1. The van der Waals surface area contributed by atoms with Crippen LogP contribution in [0.4, 0.5) is 0 Å². The fourth-order valence-electron chi connectivity index (χ4n) is 0.766. The van der Waals surface area contributed by atoms with Crippen LogP contribution < -0.4 is 0 Å². The maximum atomic E-state index is 10.4. The first kappa shape index (κ1) is 8.20. The molecule has 0 aromatic rings. The highest BCUT2D eigenvalue weighted by atomic mass is 79.9. The molecule has 11 heavy (non-hydrogen) atoms. The van der Waals surface area contributed by atoms with Crippen LogP contribution in [0.2, 0.25) is 0 Å². The molecule has 0 saturated carbocycles. The van der Waals surface area contributed by atoms with E-state index in [1.165, 1.54) is 6.20 Å². The summed E-state index contributed by atoms with van der Waals surface area (Å²) in [5.41, 5.74) is 0.583. The minimum Gasteiger partial charge on any atom is -0.477 e. The highest BCUT2D eigenvalue weighted by Gasteiger charge is 2.16. The maximum absolute atomic E-state index is 10.4. The molecule has 0 aliphatic carbocycles. The lowest BCUT2D eigenvalue weighted by molar-refractivity contribution is -0.129. The van der Waals surface area contributed by atoms with Gasteiger partial charge in [0.2, 0.25) is 0 Å². The van der Waals surface area contributed by atoms with Crippen LogP contribution in [0.15, 0.2) is 27.8 Å². The van der Waals surface area contributed by atoms with Crippen LogP contribution in [0.1, 0.15) is 6.42 Å². The Morgan fingerprint density at radius 3 is 2.91 bits per heavy atom. The van der Waals surface area contributed by atoms with Crippen LogP contribution in [0.3, 0.4) is 0 Å². The number of aliphatic carboxylic acids is 1. The number of hydrogen-bond donors (Lipinski definition) is 1. The van der Waals surface area contributed by atoms with Gasteiger partial charge in [-0.1, -0.05) is 22.5 Å². The summed E-state index contributed by atoms with van der Waals surface area (Å²) < 4.78 is 0.854. The van der Waals surface area contributed by atoms with Crippen molar-refractivity contribution in [2.75, 3.05) is 0 Å². The Morgan fingerprint density at radius 1 is 1.82 bits per heavy atom. The fourth-order valence-corrected chi connectivity index (χ4v) is 1.21. The molecule has 1 aliphatic heterocycles. The van der Waals surface area contributed by atoms with Gasteiger partial charge in [0.15, 0.2) is 5.71 Å². The van der Waals surface area contributed by atoms with Gasteiger partial charge in [-0.15, -0.1) is 0 Å². The molecule has 1 rings (SSSR count). The Morgan fingerprint density at radius 2 is 2.45 bits per heavy atom. The van der Waals surface area contributed by atoms with Crippen molar-refractivity contribution in [1.29, 1.82) is 0 Å². The second-order valence-electron chi connectivity index (χ2n) is 2.14. The highest BCUT2D eigenvalue weighted by molar-refractivity contribution is 9.11. The largest absolute Gasteiger partial charge is 0.477 e. The molecule has 1 aliphatic rings. The van der Waals surface area contributed by atoms with Crippen molar-refractivity contribution in [3.05, 3.63) is 22.8 Å². The maximum Gasteiger partial charge on any atom is 0.354 e. The molecule has 0 spiro atoms. The Labute approximate surface area is 72.3 Å². The van der Waals surface area contributed by atoms with E-state index in [2.05, 4.69) is 27.5 Å². The average Bonchev–Trinajstić information content (AvgIpc) is 1.85. The van der Waals surface area contributed by atoms with Crippen molar-refractivity contribution < 1.29 is 9.90 Å². The van der Waals surface area contributed by atoms with Gasteiger partial charge in [0.25, 0.3) is 0 Å². The molecule has 0 aromatic heterocycles. The predicted octanol–water partition coefficient (Wildman–Crippen LogP) is 1.71. The van der Waals surface area contributed by atoms with Gasteiger partial charge in [-0.3, -0.25) is 0 Å². The minimum atomic E-state index is -1.02. The minimum absolute atomic E-state index is 0.0493. The summed E-state index contributed by atoms with van der Waals surface area (Å²) in [5, 5.41) is 8.56. The second-order valence-corrected chi connectivity index (χ2v) is 3.16. The zero-order valence-electron chi connectivity index (χ0n) is 5.67. The molecule has 0 bridgehead atoms. The average molecular weight is 216 g/mol. The summed E-state index contributed by atoms with van der Waals surface area (Å²) in [6.45, 7) is 3.58. The number of aliphatic imine (C=N–C) groups is 1. The standard InChI is InChI=1S/C7H6BrNO2/c1-4-2-5(8)3-9-6(4)7(10)11/h3H,1-2H2,(H,10,11). The van der Waals surface area contributed by atoms with E-state index >= 15 is 0 Å². The van der Waals surface area contributed by atoms with Crippen LogP contribution in [0.25, 0.3) is 0 Å². The number of halogens is 1. The summed E-state index contributed by atoms with van der Waals surface area (Å²) in [7, 11) is 0. The number of hydrogen-bond acceptors (Lipinski definition) is 2. The summed E-state index contributed by atoms with van der Waals surface area (Å²) in [4.78, 5) is 14.1. The van der Waals surface area contributed by atoms with E-state index < -0.39 is 5.97 Å². The summed E-state index contributed by atoms with van der Waals surface area (Å²) >= 11 is 3.21. The summed E-state index contributed by atoms with van der Waals surface area (Å²) in [6.07, 6.45) is 2.02. The Hall–Kier alpha value is -0.900. The number of carbonyl (C=O) groups is 1. The van der Waals surface area contributed by atoms with Crippen LogP contribution in [0.5, 0.6) is 0 Å². The quantitative estimate of drug-likeness (QED) is 0.725. The van der Waals surface area contributed by atoms with Gasteiger partial charge in [0, 0.05) is 17.1 Å². The third-order valence-corrected chi connectivity index (χ3v) is 1.74. The van der Waals surface area contributed by atoms with E-state index in [9.17, 15) is 4.79 Å². The molecule has 0 aromatic carbocycles. The smallest absolute Gasteiger partial charge is 0.354 e. The van der Waals surface area contributed by atoms with Gasteiger partial charge in [-0.2, -0.15) is 0 Å². The number of rotatable bonds is 1. The molecule has 3 nitrogen and oxygen atoms in total. The lowest BCUT2D eigenvalue weighted by Crippen LogP contribution is -2.16. The van der Waals surface area contributed by atoms with Gasteiger partial charge in [-0.05, 0) is 5.57 Å². The normalized spacial score (nSPS) is 17.4. The van der Waals surface area contributed by atoms with Gasteiger partial charge >= 0.3 is 5.97 Å². The van der Waals surface area contributed by atoms with E-state index in [4.69, 9.17) is 5.11 Å². The van der Waals surface area contributed by atoms with Crippen molar-refractivity contribution in [3.8, 4) is 0 Å². The fraction of sp³-hybridized carbons (Fsp3) is 0.143. The molecule has 0 amide bonds. The SMILES string of the molecule is C=C1CC(Br)=CN=C1C(=O)O. The number of nitrogens with zero attached hydrogens (tertiary/aromatic N) is 1. The number of carboxylic acid groups (broad SMARTS) is 1. The van der Waals surface area contributed by atoms with Crippen molar-refractivity contribution in [2.24, 2.45) is 4.99 Å². The molecule has 0 saturated heterocycles. The Balaban J connectivity index is 2.96. The molecule has 0 fully saturated rings. The molecular formula is C7H6BrNO2. The lowest BCUT2D eigenvalue weighted by Gasteiger charge is -2.08. The lowest BCUT2D eigenvalue weighted by atomic mass is 10.1. The molecule has 0 unspecified atom stereocenters. The first-order valence-corrected chi connectivity index (χ1v) is 3.74. The summed E-state index contributed by atoms with van der Waals surface area (Å²) in [6, 6.07) is 0. The van der Waals surface area contributed by atoms with Crippen LogP contribution >= 0.6 is 15.9 Å². The molecule has 4 heteroatoms. The van der Waals surface area contributed by atoms with Crippen molar-refractivity contribution in [1.82, 2.24) is 0 Å². The first-order valence-electron chi connectivity index (χ1n) is 2.95. The second kappa shape index (κ2) is 3.00. The van der Waals surface area contributed by atoms with E-state index in [0.717, 1.165) is 4.48 Å². The molecule has 1 N–H and O–H groups in total. The molecule has 58 valence electrons. The van der Waals surface area contributed by atoms with Gasteiger partial charge in [0.1, 0.15) is 0 Å². The predicted molar refractivity (Wildman–Crippen MR) is 45.8 cm³/mol. The van der Waals surface area contributed by atoms with Gasteiger partial charge < -0.3 is 5.11 Å². The van der Waals surface area contributed by atoms with Crippen molar-refractivity contribution in [2.45, 2.75) is 6.42 Å². The Kier molecular flexibility index (Phi) is 2.24. The van der Waals surface area contributed by atoms with Crippen molar-refractivity contribution >= 4 is 27.6 Å². The third-order valence-electron chi connectivity index (χ3n) is 1.25. The van der Waals surface area contributed by atoms with E-state index in [1.807, 2.05) is 0 Å². The zero-order chi connectivity index (χ0) is 8.43. The van der Waals surface area contributed by atoms with Crippen LogP contribution in [-0.2, 0) is 4.79 Å². The summed E-state index contributed by atoms with van der Waals surface area (Å²) in [5.74, 6) is -1.02. The van der Waals surface area contributed by atoms with Gasteiger partial charge in [-0.25, -0.2) is 9.79 Å². The molecule has 0 radical (unpaired) electrons. The van der Waals surface area contributed by atoms with E-state index in [-0.39, 0.29) is 5.71 Å². The molecular weight excluding hydrogens is 210 g/mol. The highest BCUT2D eigenvalue weighted by Crippen LogP contribution is 2.21. The van der Waals surface area contributed by atoms with E-state index in [0.29, 0.717) is 12.0 Å². The van der Waals surface area contributed by atoms with E-state index in [1.54, 1.807) is 0 Å². The molecule has 0 atom stereocenters. The van der Waals surface area contributed by atoms with Crippen LogP contribution in [-0.4, -0.2) is 16.8 Å². The third kappa shape index (κ3) is 1.77. The van der Waals surface area contributed by atoms with Crippen molar-refractivity contribution in [3.63, 3.8) is 0 Å². The topological polar surface area (TPSA) is 49.7 Å². The molecule has 1 heterocycles. The monoisotopic (exact) mass is 215 g/mol. The zero-order valence-corrected chi connectivity index (χ0v) is 7.26. The Bertz CT molecular complexity index is 278. The number of carboxylic acids is 1. The van der Waals surface area contributed by atoms with Crippen LogP contribution in [0, 0.1) is 0 Å². The first-order chi connectivity index (χ1) is 5.11. The van der Waals surface area contributed by atoms with Gasteiger partial charge in [0.05, 0.1) is 0 Å².